The van der Waals surface area contributed by atoms with Crippen LogP contribution in [0, 0.1) is 0 Å². The molecule has 0 aliphatic rings. The van der Waals surface area contributed by atoms with E-state index in [1.165, 1.54) is 23.1 Å². The smallest absolute Gasteiger partial charge is 0.251 e. The lowest BCUT2D eigenvalue weighted by molar-refractivity contribution is -0.113. The summed E-state index contributed by atoms with van der Waals surface area (Å²) in [6.07, 6.45) is 0. The van der Waals surface area contributed by atoms with Gasteiger partial charge in [0.15, 0.2) is 27.6 Å². The Bertz CT molecular complexity index is 1680. The van der Waals surface area contributed by atoms with Crippen LogP contribution in [0.25, 0.3) is 15.9 Å². The van der Waals surface area contributed by atoms with Gasteiger partial charge in [0, 0.05) is 11.3 Å². The average molecular weight is 633 g/mol. The molecule has 0 unspecified atom stereocenters. The fraction of sp³-hybridized carbons (Fsp3) is 0.258. The molecule has 44 heavy (non-hydrogen) atoms. The summed E-state index contributed by atoms with van der Waals surface area (Å²) in [5.41, 5.74) is 1.99. The van der Waals surface area contributed by atoms with Crippen molar-refractivity contribution in [3.05, 3.63) is 78.1 Å². The van der Waals surface area contributed by atoms with E-state index in [0.29, 0.717) is 58.7 Å². The molecule has 2 aromatic heterocycles. The molecule has 2 N–H and O–H groups in total. The molecule has 0 atom stereocenters. The Labute approximate surface area is 263 Å². The molecule has 3 aromatic carbocycles. The number of rotatable bonds is 14. The minimum atomic E-state index is -0.345. The molecule has 2 amide bonds. The summed E-state index contributed by atoms with van der Waals surface area (Å²) < 4.78 is 20.1. The molecule has 5 rings (SSSR count). The lowest BCUT2D eigenvalue weighted by Crippen LogP contribution is -2.25. The highest BCUT2D eigenvalue weighted by Crippen LogP contribution is 2.39. The van der Waals surface area contributed by atoms with Gasteiger partial charge in [0.05, 0.1) is 42.3 Å². The Hall–Kier alpha value is -4.62. The Balaban J connectivity index is 1.32. The number of para-hydroxylation sites is 2. The second kappa shape index (κ2) is 14.7. The van der Waals surface area contributed by atoms with E-state index in [0.717, 1.165) is 15.9 Å². The van der Waals surface area contributed by atoms with Crippen molar-refractivity contribution in [2.24, 2.45) is 0 Å². The van der Waals surface area contributed by atoms with Gasteiger partial charge in [-0.2, -0.15) is 0 Å². The maximum absolute atomic E-state index is 13.3. The zero-order valence-corrected chi connectivity index (χ0v) is 26.2. The number of nitrogens with one attached hydrogen (secondary N) is 2. The van der Waals surface area contributed by atoms with E-state index in [2.05, 4.69) is 25.8 Å². The summed E-state index contributed by atoms with van der Waals surface area (Å²) in [6.45, 7) is 6.90. The highest BCUT2D eigenvalue weighted by atomic mass is 32.2. The quantitative estimate of drug-likeness (QED) is 0.147. The third-order valence-corrected chi connectivity index (χ3v) is 8.05. The van der Waals surface area contributed by atoms with Crippen LogP contribution in [0.1, 0.15) is 37.0 Å². The van der Waals surface area contributed by atoms with E-state index >= 15 is 0 Å². The van der Waals surface area contributed by atoms with E-state index < -0.39 is 0 Å². The van der Waals surface area contributed by atoms with Gasteiger partial charge in [0.2, 0.25) is 11.7 Å². The molecule has 0 saturated heterocycles. The first-order valence-corrected chi connectivity index (χ1v) is 15.9. The molecule has 0 aliphatic heterocycles. The highest BCUT2D eigenvalue weighted by molar-refractivity contribution is 7.99. The van der Waals surface area contributed by atoms with Gasteiger partial charge in [-0.25, -0.2) is 4.98 Å². The molecule has 0 aliphatic carbocycles. The normalized spacial score (nSPS) is 10.9. The first kappa shape index (κ1) is 30.8. The van der Waals surface area contributed by atoms with E-state index in [4.69, 9.17) is 14.2 Å². The Kier molecular flexibility index (Phi) is 10.3. The van der Waals surface area contributed by atoms with Crippen LogP contribution in [0.3, 0.4) is 0 Å². The van der Waals surface area contributed by atoms with Crippen molar-refractivity contribution in [3.63, 3.8) is 0 Å². The molecule has 2 heterocycles. The van der Waals surface area contributed by atoms with Crippen molar-refractivity contribution in [3.8, 4) is 22.9 Å². The highest BCUT2D eigenvalue weighted by Gasteiger charge is 2.21. The van der Waals surface area contributed by atoms with Crippen molar-refractivity contribution < 1.29 is 23.8 Å². The minimum Gasteiger partial charge on any atom is -0.490 e. The molecular weight excluding hydrogens is 601 g/mol. The number of carbonyl (C=O) groups excluding carboxylic acids is 2. The van der Waals surface area contributed by atoms with Crippen LogP contribution in [0.15, 0.2) is 71.9 Å². The number of aromatic nitrogens is 4. The number of anilines is 1. The number of carbonyl (C=O) groups is 2. The molecule has 13 heteroatoms. The largest absolute Gasteiger partial charge is 0.490 e. The summed E-state index contributed by atoms with van der Waals surface area (Å²) in [5.74, 6) is 1.37. The van der Waals surface area contributed by atoms with Gasteiger partial charge in [-0.1, -0.05) is 53.4 Å². The lowest BCUT2D eigenvalue weighted by Gasteiger charge is -2.17. The molecule has 0 fully saturated rings. The fourth-order valence-electron chi connectivity index (χ4n) is 4.34. The van der Waals surface area contributed by atoms with Crippen molar-refractivity contribution in [1.29, 1.82) is 0 Å². The molecule has 5 aromatic rings. The molecule has 0 bridgehead atoms. The number of amides is 2. The first-order valence-electron chi connectivity index (χ1n) is 14.1. The number of hydrogen-bond acceptors (Lipinski definition) is 10. The number of fused-ring (bicyclic) bond motifs is 1. The van der Waals surface area contributed by atoms with Crippen LogP contribution in [0.5, 0.6) is 17.2 Å². The molecule has 0 saturated carbocycles. The second-order valence-electron chi connectivity index (χ2n) is 9.18. The van der Waals surface area contributed by atoms with Crippen molar-refractivity contribution in [2.75, 3.05) is 30.9 Å². The van der Waals surface area contributed by atoms with E-state index in [1.807, 2.05) is 79.9 Å². The predicted octanol–water partition coefficient (Wildman–Crippen LogP) is 5.73. The summed E-state index contributed by atoms with van der Waals surface area (Å²) >= 11 is 2.66. The zero-order chi connectivity index (χ0) is 30.9. The van der Waals surface area contributed by atoms with Gasteiger partial charge in [0.25, 0.3) is 5.91 Å². The van der Waals surface area contributed by atoms with Gasteiger partial charge in [-0.3, -0.25) is 14.2 Å². The SMILES string of the molecule is CCOc1cc(C(=O)NCc2nnc(SCC(=O)Nc3nc4ccccc4s3)n2-c2ccccc2)cc(OCC)c1OCC. The van der Waals surface area contributed by atoms with Crippen LogP contribution >= 0.6 is 23.1 Å². The van der Waals surface area contributed by atoms with Gasteiger partial charge < -0.3 is 24.8 Å². The van der Waals surface area contributed by atoms with E-state index in [1.54, 1.807) is 12.1 Å². The van der Waals surface area contributed by atoms with E-state index in [-0.39, 0.29) is 24.1 Å². The number of hydrogen-bond donors (Lipinski definition) is 2. The van der Waals surface area contributed by atoms with Gasteiger partial charge in [-0.15, -0.1) is 10.2 Å². The second-order valence-corrected chi connectivity index (χ2v) is 11.1. The zero-order valence-electron chi connectivity index (χ0n) is 24.5. The van der Waals surface area contributed by atoms with Gasteiger partial charge in [-0.05, 0) is 57.2 Å². The summed E-state index contributed by atoms with van der Waals surface area (Å²) in [7, 11) is 0. The average Bonchev–Trinajstić information content (AvgIpc) is 3.64. The molecule has 11 nitrogen and oxygen atoms in total. The maximum atomic E-state index is 13.3. The number of thioether (sulfide) groups is 1. The Morgan fingerprint density at radius 1 is 0.886 bits per heavy atom. The first-order chi connectivity index (χ1) is 21.5. The van der Waals surface area contributed by atoms with Crippen LogP contribution in [0.2, 0.25) is 0 Å². The molecule has 0 spiro atoms. The fourth-order valence-corrected chi connectivity index (χ4v) is 5.99. The van der Waals surface area contributed by atoms with Gasteiger partial charge in [0.1, 0.15) is 0 Å². The number of ether oxygens (including phenoxy) is 3. The summed E-state index contributed by atoms with van der Waals surface area (Å²) in [4.78, 5) is 30.6. The summed E-state index contributed by atoms with van der Waals surface area (Å²) in [5, 5.41) is 15.5. The van der Waals surface area contributed by atoms with Gasteiger partial charge >= 0.3 is 0 Å². The van der Waals surface area contributed by atoms with Crippen molar-refractivity contribution >= 4 is 50.3 Å². The van der Waals surface area contributed by atoms with Crippen LogP contribution in [-0.4, -0.2) is 57.1 Å². The van der Waals surface area contributed by atoms with E-state index in [9.17, 15) is 9.59 Å². The third kappa shape index (κ3) is 7.29. The topological polar surface area (TPSA) is 129 Å². The van der Waals surface area contributed by atoms with Crippen LogP contribution in [-0.2, 0) is 11.3 Å². The number of thiazole rings is 1. The standard InChI is InChI=1S/C31H32N6O5S2/c1-4-40-23-16-20(17-24(41-5-2)28(23)42-6-3)29(39)32-18-26-35-36-31(37(26)21-12-8-7-9-13-21)43-19-27(38)34-30-33-22-14-10-11-15-25(22)44-30/h7-17H,4-6,18-19H2,1-3H3,(H,32,39)(H,33,34,38). The van der Waals surface area contributed by atoms with Crippen molar-refractivity contribution in [1.82, 2.24) is 25.1 Å². The van der Waals surface area contributed by atoms with Crippen LogP contribution < -0.4 is 24.8 Å². The summed E-state index contributed by atoms with van der Waals surface area (Å²) in [6, 6.07) is 20.5. The maximum Gasteiger partial charge on any atom is 0.251 e. The predicted molar refractivity (Wildman–Crippen MR) is 171 cm³/mol. The number of benzene rings is 3. The monoisotopic (exact) mass is 632 g/mol. The van der Waals surface area contributed by atoms with Crippen LogP contribution in [0.4, 0.5) is 5.13 Å². The minimum absolute atomic E-state index is 0.0837. The Morgan fingerprint density at radius 3 is 2.25 bits per heavy atom. The Morgan fingerprint density at radius 2 is 1.57 bits per heavy atom. The molecule has 228 valence electrons. The molecular formula is C31H32N6O5S2. The number of nitrogens with zero attached hydrogens (tertiary/aromatic N) is 4. The lowest BCUT2D eigenvalue weighted by atomic mass is 10.1. The van der Waals surface area contributed by atoms with Crippen molar-refractivity contribution in [2.45, 2.75) is 32.5 Å². The molecule has 0 radical (unpaired) electrons. The third-order valence-electron chi connectivity index (χ3n) is 6.17.